The predicted molar refractivity (Wildman–Crippen MR) is 48.8 cm³/mol. The van der Waals surface area contributed by atoms with E-state index in [1.54, 1.807) is 0 Å². The number of rotatable bonds is 4. The van der Waals surface area contributed by atoms with Gasteiger partial charge in [0, 0.05) is 6.04 Å². The molecule has 0 aromatic heterocycles. The Bertz CT molecular complexity index is 64.6. The molecule has 0 fully saturated rings. The molecule has 0 amide bonds. The van der Waals surface area contributed by atoms with Crippen molar-refractivity contribution < 1.29 is 19.5 Å². The Balaban J connectivity index is -0.000000320. The van der Waals surface area contributed by atoms with Crippen molar-refractivity contribution in [1.82, 2.24) is 4.90 Å². The van der Waals surface area contributed by atoms with Crippen molar-refractivity contribution in [3.63, 3.8) is 0 Å². The molecule has 0 aliphatic carbocycles. The summed E-state index contributed by atoms with van der Waals surface area (Å²) in [5.74, 6) is 0. The third-order valence-electron chi connectivity index (χ3n) is 1.64. The van der Waals surface area contributed by atoms with Crippen LogP contribution in [0.4, 0.5) is 0 Å². The maximum Gasteiger partial charge on any atom is 2.00 e. The summed E-state index contributed by atoms with van der Waals surface area (Å²) in [6.07, 6.45) is 2.27. The molecule has 11 heavy (non-hydrogen) atoms. The molecule has 1 nitrogen and oxygen atoms in total. The van der Waals surface area contributed by atoms with Gasteiger partial charge >= 0.3 is 19.5 Å². The maximum absolute atomic E-state index is 3.79. The van der Waals surface area contributed by atoms with Gasteiger partial charge in [0.25, 0.3) is 0 Å². The fraction of sp³-hybridized carbons (Fsp3) is 0.778. The molecule has 0 saturated heterocycles. The molecule has 0 rings (SSSR count). The number of hydrogen-bond donors (Lipinski definition) is 0. The molecule has 2 heteroatoms. The monoisotopic (exact) mass is 207 g/mol. The Morgan fingerprint density at radius 1 is 1.36 bits per heavy atom. The Kier molecular flexibility index (Phi) is 16.9. The molecule has 0 N–H and O–H groups in total. The SMILES string of the molecule is [CH2-]CCCN(C)C(C)C.[CH3-].[Zn+2]. The molecular formula is C9H21NZn. The molecule has 0 aromatic rings. The van der Waals surface area contributed by atoms with Crippen LogP contribution in [0.1, 0.15) is 26.7 Å². The van der Waals surface area contributed by atoms with Crippen molar-refractivity contribution in [3.05, 3.63) is 14.4 Å². The van der Waals surface area contributed by atoms with E-state index in [-0.39, 0.29) is 26.9 Å². The van der Waals surface area contributed by atoms with Crippen LogP contribution in [0, 0.1) is 14.4 Å². The van der Waals surface area contributed by atoms with Gasteiger partial charge in [-0.05, 0) is 27.4 Å². The van der Waals surface area contributed by atoms with Crippen LogP contribution in [0.3, 0.4) is 0 Å². The van der Waals surface area contributed by atoms with Crippen molar-refractivity contribution in [2.45, 2.75) is 32.7 Å². The van der Waals surface area contributed by atoms with Gasteiger partial charge < -0.3 is 19.3 Å². The first-order valence-corrected chi connectivity index (χ1v) is 3.68. The zero-order chi connectivity index (χ0) is 7.28. The average molecular weight is 209 g/mol. The van der Waals surface area contributed by atoms with Crippen molar-refractivity contribution in [2.75, 3.05) is 13.6 Å². The minimum atomic E-state index is 0. The summed E-state index contributed by atoms with van der Waals surface area (Å²) in [6, 6.07) is 0.677. The van der Waals surface area contributed by atoms with Crippen LogP contribution in [0.2, 0.25) is 0 Å². The molecule has 0 saturated carbocycles. The average Bonchev–Trinajstić information content (AvgIpc) is 1.82. The second-order valence-electron chi connectivity index (χ2n) is 2.78. The summed E-state index contributed by atoms with van der Waals surface area (Å²) in [5, 5.41) is 0. The summed E-state index contributed by atoms with van der Waals surface area (Å²) in [4.78, 5) is 2.34. The van der Waals surface area contributed by atoms with Crippen LogP contribution in [0.5, 0.6) is 0 Å². The largest absolute Gasteiger partial charge is 2.00 e. The summed E-state index contributed by atoms with van der Waals surface area (Å²) >= 11 is 0. The molecule has 0 aliphatic rings. The summed E-state index contributed by atoms with van der Waals surface area (Å²) in [7, 11) is 2.15. The van der Waals surface area contributed by atoms with E-state index in [4.69, 9.17) is 0 Å². The summed E-state index contributed by atoms with van der Waals surface area (Å²) in [6.45, 7) is 9.39. The quantitative estimate of drug-likeness (QED) is 0.507. The van der Waals surface area contributed by atoms with Crippen molar-refractivity contribution in [2.24, 2.45) is 0 Å². The first-order chi connectivity index (χ1) is 4.18. The minimum Gasteiger partial charge on any atom is -0.358 e. The van der Waals surface area contributed by atoms with Crippen LogP contribution < -0.4 is 0 Å². The van der Waals surface area contributed by atoms with Crippen LogP contribution in [0.15, 0.2) is 0 Å². The van der Waals surface area contributed by atoms with Gasteiger partial charge in [0.1, 0.15) is 0 Å². The number of nitrogens with zero attached hydrogens (tertiary/aromatic N) is 1. The second-order valence-corrected chi connectivity index (χ2v) is 2.78. The van der Waals surface area contributed by atoms with E-state index in [1.165, 1.54) is 13.0 Å². The van der Waals surface area contributed by atoms with Crippen LogP contribution in [0.25, 0.3) is 0 Å². The Morgan fingerprint density at radius 3 is 2.09 bits per heavy atom. The maximum atomic E-state index is 3.79. The van der Waals surface area contributed by atoms with Gasteiger partial charge in [-0.15, -0.1) is 0 Å². The zero-order valence-electron chi connectivity index (χ0n) is 8.56. The molecule has 0 spiro atoms. The van der Waals surface area contributed by atoms with Gasteiger partial charge in [-0.1, -0.05) is 6.42 Å². The van der Waals surface area contributed by atoms with Gasteiger partial charge in [0.2, 0.25) is 0 Å². The summed E-state index contributed by atoms with van der Waals surface area (Å²) < 4.78 is 0. The van der Waals surface area contributed by atoms with Crippen molar-refractivity contribution >= 4 is 0 Å². The van der Waals surface area contributed by atoms with Gasteiger partial charge in [-0.2, -0.15) is 6.42 Å². The Hall–Kier alpha value is 0.583. The molecule has 0 aromatic carbocycles. The minimum absolute atomic E-state index is 0. The van der Waals surface area contributed by atoms with Gasteiger partial charge in [-0.3, -0.25) is 0 Å². The van der Waals surface area contributed by atoms with Gasteiger partial charge in [-0.25, -0.2) is 0 Å². The molecular weight excluding hydrogens is 187 g/mol. The smallest absolute Gasteiger partial charge is 0.358 e. The van der Waals surface area contributed by atoms with E-state index in [9.17, 15) is 0 Å². The molecule has 0 aliphatic heterocycles. The van der Waals surface area contributed by atoms with E-state index in [2.05, 4.69) is 32.7 Å². The first-order valence-electron chi connectivity index (χ1n) is 3.68. The van der Waals surface area contributed by atoms with E-state index < -0.39 is 0 Å². The standard InChI is InChI=1S/C8H18N.CH3.Zn/c1-5-6-7-9(4)8(2)3;;/h8H,1,5-7H2,2-4H3;1H3;/q2*-1;+2. The van der Waals surface area contributed by atoms with Gasteiger partial charge in [0.05, 0.1) is 0 Å². The Morgan fingerprint density at radius 2 is 1.82 bits per heavy atom. The molecule has 0 bridgehead atoms. The van der Waals surface area contributed by atoms with E-state index in [0.29, 0.717) is 6.04 Å². The second kappa shape index (κ2) is 10.6. The zero-order valence-corrected chi connectivity index (χ0v) is 11.5. The van der Waals surface area contributed by atoms with E-state index in [0.717, 1.165) is 6.42 Å². The van der Waals surface area contributed by atoms with E-state index in [1.807, 2.05) is 0 Å². The Labute approximate surface area is 85.3 Å². The predicted octanol–water partition coefficient (Wildman–Crippen LogP) is 2.39. The molecule has 0 radical (unpaired) electrons. The van der Waals surface area contributed by atoms with E-state index >= 15 is 0 Å². The number of unbranched alkanes of at least 4 members (excludes halogenated alkanes) is 1. The molecule has 0 heterocycles. The third-order valence-corrected chi connectivity index (χ3v) is 1.64. The van der Waals surface area contributed by atoms with Crippen LogP contribution >= 0.6 is 0 Å². The number of hydrogen-bond acceptors (Lipinski definition) is 1. The van der Waals surface area contributed by atoms with Crippen molar-refractivity contribution in [1.29, 1.82) is 0 Å². The molecule has 64 valence electrons. The summed E-state index contributed by atoms with van der Waals surface area (Å²) in [5.41, 5.74) is 0. The van der Waals surface area contributed by atoms with Crippen LogP contribution in [-0.2, 0) is 19.5 Å². The van der Waals surface area contributed by atoms with Crippen molar-refractivity contribution in [3.8, 4) is 0 Å². The third kappa shape index (κ3) is 10.6. The fourth-order valence-corrected chi connectivity index (χ4v) is 0.619. The fourth-order valence-electron chi connectivity index (χ4n) is 0.619. The van der Waals surface area contributed by atoms with Gasteiger partial charge in [0.15, 0.2) is 0 Å². The molecule has 0 atom stereocenters. The molecule has 0 unspecified atom stereocenters. The van der Waals surface area contributed by atoms with Crippen LogP contribution in [-0.4, -0.2) is 24.5 Å². The normalized spacial score (nSPS) is 9.27. The topological polar surface area (TPSA) is 3.24 Å². The first kappa shape index (κ1) is 17.6.